The second kappa shape index (κ2) is 14.4. The van der Waals surface area contributed by atoms with Crippen LogP contribution in [0.3, 0.4) is 0 Å². The summed E-state index contributed by atoms with van der Waals surface area (Å²) in [5, 5.41) is 12.0. The summed E-state index contributed by atoms with van der Waals surface area (Å²) in [5.41, 5.74) is 4.34. The maximum atomic E-state index is 13.7. The number of benzene rings is 2. The summed E-state index contributed by atoms with van der Waals surface area (Å²) in [5.74, 6) is -3.17. The fourth-order valence-electron chi connectivity index (χ4n) is 6.22. The fraction of sp³-hybridized carbons (Fsp3) is 0.485. The molecule has 2 atom stereocenters. The highest BCUT2D eigenvalue weighted by Gasteiger charge is 2.39. The fourth-order valence-corrected chi connectivity index (χ4v) is 6.22. The molecule has 0 spiro atoms. The van der Waals surface area contributed by atoms with Crippen LogP contribution < -0.4 is 5.32 Å². The van der Waals surface area contributed by atoms with Gasteiger partial charge in [-0.15, -0.1) is 0 Å². The number of hydrogen-bond acceptors (Lipinski definition) is 6. The second-order valence-electron chi connectivity index (χ2n) is 11.8. The number of fused-ring (bicyclic) bond motifs is 3. The number of aliphatic carboxylic acids is 1. The Morgan fingerprint density at radius 1 is 0.909 bits per heavy atom. The first-order chi connectivity index (χ1) is 21.0. The maximum absolute atomic E-state index is 13.7. The summed E-state index contributed by atoms with van der Waals surface area (Å²) >= 11 is 0. The van der Waals surface area contributed by atoms with E-state index in [0.29, 0.717) is 13.1 Å². The van der Waals surface area contributed by atoms with Crippen molar-refractivity contribution in [1.29, 1.82) is 0 Å². The molecule has 1 heterocycles. The molecule has 2 aromatic carbocycles. The molecule has 11 nitrogen and oxygen atoms in total. The van der Waals surface area contributed by atoms with Gasteiger partial charge in [0.25, 0.3) is 0 Å². The van der Waals surface area contributed by atoms with Gasteiger partial charge in [-0.25, -0.2) is 4.79 Å². The number of carboxylic acid groups (broad SMARTS) is 1. The summed E-state index contributed by atoms with van der Waals surface area (Å²) in [6.45, 7) is 4.25. The summed E-state index contributed by atoms with van der Waals surface area (Å²) in [6, 6.07) is 13.8. The van der Waals surface area contributed by atoms with Crippen molar-refractivity contribution in [2.45, 2.75) is 57.5 Å². The third kappa shape index (κ3) is 7.20. The first kappa shape index (κ1) is 32.5. The SMILES string of the molecule is CC(C)[C@@H](C(=O)N(C)[C@@H](CC(=O)O)C(=O)N1CCCCC1)N(C)C(=O)CNC(=O)OCC1c2ccccc2-c2ccccc21. The van der Waals surface area contributed by atoms with Gasteiger partial charge >= 0.3 is 12.1 Å². The zero-order valence-corrected chi connectivity index (χ0v) is 25.8. The molecule has 0 radical (unpaired) electrons. The van der Waals surface area contributed by atoms with Gasteiger partial charge in [0.2, 0.25) is 17.7 Å². The molecule has 4 rings (SSSR count). The van der Waals surface area contributed by atoms with Crippen LogP contribution in [0.25, 0.3) is 11.1 Å². The summed E-state index contributed by atoms with van der Waals surface area (Å²) in [6.07, 6.45) is 1.35. The Hall–Kier alpha value is -4.41. The van der Waals surface area contributed by atoms with E-state index in [1.54, 1.807) is 18.7 Å². The van der Waals surface area contributed by atoms with E-state index in [1.165, 1.54) is 19.0 Å². The lowest BCUT2D eigenvalue weighted by Crippen LogP contribution is -2.58. The third-order valence-corrected chi connectivity index (χ3v) is 8.56. The van der Waals surface area contributed by atoms with Crippen LogP contribution in [0.5, 0.6) is 0 Å². The minimum absolute atomic E-state index is 0.0950. The topological polar surface area (TPSA) is 137 Å². The van der Waals surface area contributed by atoms with Crippen molar-refractivity contribution in [3.63, 3.8) is 0 Å². The number of carbonyl (C=O) groups excluding carboxylic acids is 4. The van der Waals surface area contributed by atoms with E-state index >= 15 is 0 Å². The molecule has 2 aromatic rings. The third-order valence-electron chi connectivity index (χ3n) is 8.56. The number of nitrogens with zero attached hydrogens (tertiary/aromatic N) is 3. The largest absolute Gasteiger partial charge is 0.481 e. The van der Waals surface area contributed by atoms with Gasteiger partial charge < -0.3 is 29.9 Å². The van der Waals surface area contributed by atoms with Gasteiger partial charge in [-0.3, -0.25) is 19.2 Å². The monoisotopic (exact) mass is 606 g/mol. The Bertz CT molecular complexity index is 1340. The van der Waals surface area contributed by atoms with Crippen molar-refractivity contribution in [2.75, 3.05) is 40.3 Å². The van der Waals surface area contributed by atoms with Gasteiger partial charge in [-0.05, 0) is 47.4 Å². The number of likely N-dealkylation sites (N-methyl/N-ethyl adjacent to an activating group) is 2. The first-order valence-corrected chi connectivity index (χ1v) is 15.1. The lowest BCUT2D eigenvalue weighted by Gasteiger charge is -2.38. The molecule has 1 fully saturated rings. The van der Waals surface area contributed by atoms with Crippen LogP contribution in [0, 0.1) is 5.92 Å². The van der Waals surface area contributed by atoms with Crippen LogP contribution in [-0.4, -0.2) is 102 Å². The minimum Gasteiger partial charge on any atom is -0.481 e. The van der Waals surface area contributed by atoms with Crippen LogP contribution in [0.4, 0.5) is 4.79 Å². The molecule has 0 bridgehead atoms. The predicted molar refractivity (Wildman–Crippen MR) is 164 cm³/mol. The van der Waals surface area contributed by atoms with Crippen LogP contribution in [0.2, 0.25) is 0 Å². The van der Waals surface area contributed by atoms with Crippen molar-refractivity contribution in [1.82, 2.24) is 20.0 Å². The van der Waals surface area contributed by atoms with Crippen LogP contribution in [0.15, 0.2) is 48.5 Å². The van der Waals surface area contributed by atoms with Gasteiger partial charge in [0.1, 0.15) is 25.2 Å². The van der Waals surface area contributed by atoms with Gasteiger partial charge in [0.15, 0.2) is 0 Å². The predicted octanol–water partition coefficient (Wildman–Crippen LogP) is 3.32. The quantitative estimate of drug-likeness (QED) is 0.401. The molecule has 0 unspecified atom stereocenters. The Morgan fingerprint density at radius 2 is 1.48 bits per heavy atom. The number of hydrogen-bond donors (Lipinski definition) is 2. The molecule has 1 saturated heterocycles. The highest BCUT2D eigenvalue weighted by atomic mass is 16.5. The Kier molecular flexibility index (Phi) is 10.6. The molecular weight excluding hydrogens is 564 g/mol. The van der Waals surface area contributed by atoms with E-state index < -0.39 is 54.8 Å². The molecule has 2 N–H and O–H groups in total. The molecule has 11 heteroatoms. The van der Waals surface area contributed by atoms with Crippen LogP contribution in [0.1, 0.15) is 56.6 Å². The van der Waals surface area contributed by atoms with E-state index in [0.717, 1.165) is 46.4 Å². The molecule has 0 aromatic heterocycles. The standard InChI is InChI=1S/C33H42N4O7/c1-21(2)30(32(42)35(3)27(18-29(39)40)31(41)37-16-10-5-11-17-37)36(4)28(38)19-34-33(43)44-20-26-24-14-8-6-12-22(24)23-13-7-9-15-25(23)26/h6-9,12-15,21,26-27,30H,5,10-11,16-20H2,1-4H3,(H,34,43)(H,39,40)/t27-,30-/m0/s1. The van der Waals surface area contributed by atoms with Gasteiger partial charge in [-0.1, -0.05) is 62.4 Å². The number of carboxylic acids is 1. The first-order valence-electron chi connectivity index (χ1n) is 15.1. The average Bonchev–Trinajstić information content (AvgIpc) is 3.34. The molecule has 1 aliphatic heterocycles. The Labute approximate surface area is 258 Å². The smallest absolute Gasteiger partial charge is 0.407 e. The lowest BCUT2D eigenvalue weighted by atomic mass is 9.98. The maximum Gasteiger partial charge on any atom is 0.407 e. The van der Waals surface area contributed by atoms with Gasteiger partial charge in [0, 0.05) is 33.1 Å². The van der Waals surface area contributed by atoms with Crippen LogP contribution >= 0.6 is 0 Å². The normalized spacial score (nSPS) is 15.5. The number of nitrogens with one attached hydrogen (secondary N) is 1. The number of amides is 4. The van der Waals surface area contributed by atoms with Crippen molar-refractivity contribution >= 4 is 29.8 Å². The van der Waals surface area contributed by atoms with E-state index in [4.69, 9.17) is 4.74 Å². The van der Waals surface area contributed by atoms with E-state index in [-0.39, 0.29) is 18.4 Å². The number of piperidine rings is 1. The zero-order valence-electron chi connectivity index (χ0n) is 25.8. The van der Waals surface area contributed by atoms with Gasteiger partial charge in [-0.2, -0.15) is 0 Å². The molecule has 1 aliphatic carbocycles. The lowest BCUT2D eigenvalue weighted by molar-refractivity contribution is -0.154. The Balaban J connectivity index is 1.36. The van der Waals surface area contributed by atoms with E-state index in [1.807, 2.05) is 48.5 Å². The molecule has 44 heavy (non-hydrogen) atoms. The molecule has 2 aliphatic rings. The number of carbonyl (C=O) groups is 5. The number of alkyl carbamates (subject to hydrolysis) is 1. The molecular formula is C33H42N4O7. The van der Waals surface area contributed by atoms with Crippen molar-refractivity contribution in [3.8, 4) is 11.1 Å². The van der Waals surface area contributed by atoms with Crippen molar-refractivity contribution in [2.24, 2.45) is 5.92 Å². The summed E-state index contributed by atoms with van der Waals surface area (Å²) in [7, 11) is 2.86. The van der Waals surface area contributed by atoms with Crippen molar-refractivity contribution < 1.29 is 33.8 Å². The highest BCUT2D eigenvalue weighted by molar-refractivity contribution is 5.94. The average molecular weight is 607 g/mol. The zero-order chi connectivity index (χ0) is 32.0. The summed E-state index contributed by atoms with van der Waals surface area (Å²) in [4.78, 5) is 68.4. The number of ether oxygens (including phenoxy) is 1. The summed E-state index contributed by atoms with van der Waals surface area (Å²) < 4.78 is 5.52. The second-order valence-corrected chi connectivity index (χ2v) is 11.8. The van der Waals surface area contributed by atoms with E-state index in [9.17, 15) is 29.1 Å². The minimum atomic E-state index is -1.20. The van der Waals surface area contributed by atoms with E-state index in [2.05, 4.69) is 5.32 Å². The molecule has 236 valence electrons. The Morgan fingerprint density at radius 3 is 2.02 bits per heavy atom. The molecule has 4 amide bonds. The van der Waals surface area contributed by atoms with Crippen molar-refractivity contribution in [3.05, 3.63) is 59.7 Å². The van der Waals surface area contributed by atoms with Crippen LogP contribution in [-0.2, 0) is 23.9 Å². The highest BCUT2D eigenvalue weighted by Crippen LogP contribution is 2.44. The molecule has 0 saturated carbocycles. The van der Waals surface area contributed by atoms with Gasteiger partial charge in [0.05, 0.1) is 6.42 Å². The number of rotatable bonds is 11. The number of likely N-dealkylation sites (tertiary alicyclic amines) is 1.